The number of hydrogen-bond donors (Lipinski definition) is 1. The monoisotopic (exact) mass is 310 g/mol. The predicted molar refractivity (Wildman–Crippen MR) is 82.9 cm³/mol. The zero-order chi connectivity index (χ0) is 15.6. The van der Waals surface area contributed by atoms with Gasteiger partial charge < -0.3 is 10.6 Å². The number of carbonyl (C=O) groups is 1. The fourth-order valence-electron chi connectivity index (χ4n) is 2.91. The van der Waals surface area contributed by atoms with Crippen molar-refractivity contribution in [3.8, 4) is 0 Å². The number of hydrogen-bond acceptors (Lipinski definition) is 4. The van der Waals surface area contributed by atoms with Crippen LogP contribution >= 0.6 is 0 Å². The Bertz CT molecular complexity index is 634. The van der Waals surface area contributed by atoms with Crippen LogP contribution in [0.15, 0.2) is 23.1 Å². The van der Waals surface area contributed by atoms with Gasteiger partial charge in [-0.2, -0.15) is 0 Å². The van der Waals surface area contributed by atoms with Crippen LogP contribution in [0.1, 0.15) is 43.0 Å². The summed E-state index contributed by atoms with van der Waals surface area (Å²) in [6.07, 6.45) is 5.42. The van der Waals surface area contributed by atoms with E-state index < -0.39 is 9.84 Å². The van der Waals surface area contributed by atoms with Crippen molar-refractivity contribution < 1.29 is 13.2 Å². The third-order valence-corrected chi connectivity index (χ3v) is 5.06. The highest BCUT2D eigenvalue weighted by Gasteiger charge is 2.26. The van der Waals surface area contributed by atoms with Gasteiger partial charge in [-0.1, -0.05) is 12.8 Å². The Kier molecular flexibility index (Phi) is 4.56. The maximum atomic E-state index is 12.7. The van der Waals surface area contributed by atoms with Crippen LogP contribution in [0.2, 0.25) is 0 Å². The molecule has 0 bridgehead atoms. The van der Waals surface area contributed by atoms with Crippen LogP contribution in [0.4, 0.5) is 5.69 Å². The molecule has 0 radical (unpaired) electrons. The van der Waals surface area contributed by atoms with Crippen LogP contribution in [0.3, 0.4) is 0 Å². The van der Waals surface area contributed by atoms with E-state index in [0.29, 0.717) is 17.8 Å². The third-order valence-electron chi connectivity index (χ3n) is 3.97. The van der Waals surface area contributed by atoms with E-state index in [1.165, 1.54) is 12.1 Å². The van der Waals surface area contributed by atoms with Gasteiger partial charge in [0.05, 0.1) is 4.90 Å². The Morgan fingerprint density at radius 2 is 1.90 bits per heavy atom. The molecule has 6 heteroatoms. The minimum absolute atomic E-state index is 0.0910. The van der Waals surface area contributed by atoms with Crippen LogP contribution in [0.5, 0.6) is 0 Å². The van der Waals surface area contributed by atoms with Gasteiger partial charge in [-0.3, -0.25) is 4.79 Å². The first-order valence-electron chi connectivity index (χ1n) is 7.24. The van der Waals surface area contributed by atoms with Crippen LogP contribution in [0, 0.1) is 0 Å². The molecule has 0 heterocycles. The number of nitrogens with two attached hydrogens (primary N) is 1. The lowest BCUT2D eigenvalue weighted by Crippen LogP contribution is -2.38. The standard InChI is InChI=1S/C15H22N2O3S/c1-3-17(13-6-4-5-7-13)15(18)11-8-12(16)10-14(9-11)21(2,19)20/h8-10,13H,3-7,16H2,1-2H3. The fourth-order valence-corrected chi connectivity index (χ4v) is 3.60. The van der Waals surface area contributed by atoms with Crippen LogP contribution in [0.25, 0.3) is 0 Å². The number of sulfone groups is 1. The Hall–Kier alpha value is -1.56. The Morgan fingerprint density at radius 3 is 2.43 bits per heavy atom. The molecule has 21 heavy (non-hydrogen) atoms. The van der Waals surface area contributed by atoms with Crippen LogP contribution < -0.4 is 5.73 Å². The van der Waals surface area contributed by atoms with E-state index in [1.54, 1.807) is 6.07 Å². The van der Waals surface area contributed by atoms with Crippen molar-refractivity contribution in [2.45, 2.75) is 43.5 Å². The molecule has 0 atom stereocenters. The molecular weight excluding hydrogens is 288 g/mol. The summed E-state index contributed by atoms with van der Waals surface area (Å²) in [7, 11) is -3.38. The number of carbonyl (C=O) groups excluding carboxylic acids is 1. The normalized spacial score (nSPS) is 16.1. The molecule has 2 N–H and O–H groups in total. The summed E-state index contributed by atoms with van der Waals surface area (Å²) < 4.78 is 23.4. The first-order valence-corrected chi connectivity index (χ1v) is 9.13. The second-order valence-corrected chi connectivity index (χ2v) is 7.61. The van der Waals surface area contributed by atoms with Crippen molar-refractivity contribution in [3.63, 3.8) is 0 Å². The molecule has 1 fully saturated rings. The molecule has 0 saturated heterocycles. The maximum Gasteiger partial charge on any atom is 0.254 e. The lowest BCUT2D eigenvalue weighted by Gasteiger charge is -2.28. The SMILES string of the molecule is CCN(C(=O)c1cc(N)cc(S(C)(=O)=O)c1)C1CCCC1. The molecule has 1 aliphatic carbocycles. The lowest BCUT2D eigenvalue weighted by molar-refractivity contribution is 0.0693. The summed E-state index contributed by atoms with van der Waals surface area (Å²) in [4.78, 5) is 14.6. The van der Waals surface area contributed by atoms with Crippen LogP contribution in [-0.2, 0) is 9.84 Å². The van der Waals surface area contributed by atoms with Gasteiger partial charge in [0.25, 0.3) is 5.91 Å². The first kappa shape index (κ1) is 15.8. The highest BCUT2D eigenvalue weighted by atomic mass is 32.2. The third kappa shape index (κ3) is 3.56. The number of amides is 1. The molecule has 2 rings (SSSR count). The molecule has 1 aromatic rings. The lowest BCUT2D eigenvalue weighted by atomic mass is 10.1. The van der Waals surface area contributed by atoms with Gasteiger partial charge >= 0.3 is 0 Å². The van der Waals surface area contributed by atoms with Gasteiger partial charge in [-0.05, 0) is 38.0 Å². The highest BCUT2D eigenvalue weighted by Crippen LogP contribution is 2.26. The van der Waals surface area contributed by atoms with E-state index in [9.17, 15) is 13.2 Å². The summed E-state index contributed by atoms with van der Waals surface area (Å²) in [6.45, 7) is 2.56. The maximum absolute atomic E-state index is 12.7. The number of nitrogen functional groups attached to an aromatic ring is 1. The molecule has 1 saturated carbocycles. The van der Waals surface area contributed by atoms with Gasteiger partial charge in [0, 0.05) is 30.1 Å². The van der Waals surface area contributed by atoms with Crippen molar-refractivity contribution in [1.82, 2.24) is 4.90 Å². The number of nitrogens with zero attached hydrogens (tertiary/aromatic N) is 1. The van der Waals surface area contributed by atoms with E-state index >= 15 is 0 Å². The Balaban J connectivity index is 2.35. The van der Waals surface area contributed by atoms with E-state index in [2.05, 4.69) is 0 Å². The number of rotatable bonds is 4. The van der Waals surface area contributed by atoms with Crippen molar-refractivity contribution in [2.24, 2.45) is 0 Å². The van der Waals surface area contributed by atoms with Crippen molar-refractivity contribution >= 4 is 21.4 Å². The second-order valence-electron chi connectivity index (χ2n) is 5.59. The molecule has 1 aromatic carbocycles. The molecular formula is C15H22N2O3S. The molecule has 1 aliphatic rings. The molecule has 0 unspecified atom stereocenters. The number of anilines is 1. The summed E-state index contributed by atoms with van der Waals surface area (Å²) in [6, 6.07) is 4.61. The van der Waals surface area contributed by atoms with Gasteiger partial charge in [0.2, 0.25) is 0 Å². The molecule has 1 amide bonds. The average Bonchev–Trinajstić information content (AvgIpc) is 2.91. The van der Waals surface area contributed by atoms with E-state index in [-0.39, 0.29) is 16.8 Å². The Labute approximate surface area is 126 Å². The Morgan fingerprint density at radius 1 is 1.29 bits per heavy atom. The molecule has 0 spiro atoms. The first-order chi connectivity index (χ1) is 9.82. The highest BCUT2D eigenvalue weighted by molar-refractivity contribution is 7.90. The zero-order valence-corrected chi connectivity index (χ0v) is 13.3. The largest absolute Gasteiger partial charge is 0.399 e. The number of benzene rings is 1. The van der Waals surface area contributed by atoms with Gasteiger partial charge in [-0.25, -0.2) is 8.42 Å². The molecule has 116 valence electrons. The summed E-state index contributed by atoms with van der Waals surface area (Å²) in [5.41, 5.74) is 6.40. The van der Waals surface area contributed by atoms with Gasteiger partial charge in [0.1, 0.15) is 0 Å². The predicted octanol–water partition coefficient (Wildman–Crippen LogP) is 2.08. The van der Waals surface area contributed by atoms with Gasteiger partial charge in [0.15, 0.2) is 9.84 Å². The van der Waals surface area contributed by atoms with Crippen LogP contribution in [-0.4, -0.2) is 38.1 Å². The van der Waals surface area contributed by atoms with Gasteiger partial charge in [-0.15, -0.1) is 0 Å². The minimum Gasteiger partial charge on any atom is -0.399 e. The summed E-state index contributed by atoms with van der Waals surface area (Å²) in [5, 5.41) is 0. The second kappa shape index (κ2) is 6.05. The minimum atomic E-state index is -3.38. The molecule has 0 aliphatic heterocycles. The van der Waals surface area contributed by atoms with E-state index in [4.69, 9.17) is 5.73 Å². The molecule has 0 aromatic heterocycles. The van der Waals surface area contributed by atoms with Crippen molar-refractivity contribution in [2.75, 3.05) is 18.5 Å². The van der Waals surface area contributed by atoms with E-state index in [0.717, 1.165) is 31.9 Å². The smallest absolute Gasteiger partial charge is 0.254 e. The topological polar surface area (TPSA) is 80.5 Å². The fraction of sp³-hybridized carbons (Fsp3) is 0.533. The van der Waals surface area contributed by atoms with E-state index in [1.807, 2.05) is 11.8 Å². The van der Waals surface area contributed by atoms with Crippen molar-refractivity contribution in [3.05, 3.63) is 23.8 Å². The summed E-state index contributed by atoms with van der Waals surface area (Å²) >= 11 is 0. The van der Waals surface area contributed by atoms with Crippen molar-refractivity contribution in [1.29, 1.82) is 0 Å². The quantitative estimate of drug-likeness (QED) is 0.863. The zero-order valence-electron chi connectivity index (χ0n) is 12.5. The molecule has 5 nitrogen and oxygen atoms in total. The average molecular weight is 310 g/mol. The summed E-state index contributed by atoms with van der Waals surface area (Å²) in [5.74, 6) is -0.137.